The third-order valence-electron chi connectivity index (χ3n) is 4.24. The zero-order valence-electron chi connectivity index (χ0n) is 13.9. The van der Waals surface area contributed by atoms with Gasteiger partial charge in [0, 0.05) is 26.2 Å². The molecule has 1 aromatic carbocycles. The van der Waals surface area contributed by atoms with Gasteiger partial charge in [-0.1, -0.05) is 18.2 Å². The molecule has 2 aromatic rings. The number of ether oxygens (including phenoxy) is 1. The lowest BCUT2D eigenvalue weighted by molar-refractivity contribution is 0.323. The molecule has 0 aliphatic carbocycles. The van der Waals surface area contributed by atoms with E-state index < -0.39 is 0 Å². The number of likely N-dealkylation sites (N-methyl/N-ethyl adjacent to an activating group) is 1. The highest BCUT2D eigenvalue weighted by atomic mass is 16.5. The summed E-state index contributed by atoms with van der Waals surface area (Å²) in [5.74, 6) is 2.91. The Bertz CT molecular complexity index is 640. The van der Waals surface area contributed by atoms with E-state index in [-0.39, 0.29) is 0 Å². The van der Waals surface area contributed by atoms with E-state index in [0.717, 1.165) is 42.6 Å². The number of hydrogen-bond donors (Lipinski definition) is 0. The van der Waals surface area contributed by atoms with Crippen LogP contribution in [0.4, 0.5) is 11.6 Å². The first-order valence-electron chi connectivity index (χ1n) is 8.20. The van der Waals surface area contributed by atoms with E-state index in [1.165, 1.54) is 12.8 Å². The molecule has 3 rings (SSSR count). The number of para-hydroxylation sites is 1. The largest absolute Gasteiger partial charge is 0.491 e. The predicted octanol–water partition coefficient (Wildman–Crippen LogP) is 2.90. The van der Waals surface area contributed by atoms with Crippen molar-refractivity contribution in [2.45, 2.75) is 19.8 Å². The first-order chi connectivity index (χ1) is 11.2. The molecular weight excluding hydrogens is 288 g/mol. The van der Waals surface area contributed by atoms with Gasteiger partial charge in [-0.05, 0) is 31.4 Å². The van der Waals surface area contributed by atoms with Gasteiger partial charge >= 0.3 is 0 Å². The number of hydrogen-bond acceptors (Lipinski definition) is 5. The summed E-state index contributed by atoms with van der Waals surface area (Å²) in [5, 5.41) is 0. The van der Waals surface area contributed by atoms with Gasteiger partial charge in [-0.3, -0.25) is 0 Å². The summed E-state index contributed by atoms with van der Waals surface area (Å²) in [6.07, 6.45) is 4.15. The van der Waals surface area contributed by atoms with Gasteiger partial charge in [0.1, 0.15) is 30.3 Å². The minimum atomic E-state index is 0.629. The molecular formula is C18H24N4O. The lowest BCUT2D eigenvalue weighted by atomic mass is 10.2. The van der Waals surface area contributed by atoms with Crippen molar-refractivity contribution in [2.75, 3.05) is 43.1 Å². The van der Waals surface area contributed by atoms with Crippen LogP contribution in [0.15, 0.2) is 36.7 Å². The third-order valence-corrected chi connectivity index (χ3v) is 4.24. The average molecular weight is 312 g/mol. The number of rotatable bonds is 6. The van der Waals surface area contributed by atoms with Gasteiger partial charge in [-0.15, -0.1) is 0 Å². The number of aryl methyl sites for hydroxylation is 1. The number of nitrogens with zero attached hydrogens (tertiary/aromatic N) is 4. The molecule has 0 unspecified atom stereocenters. The molecule has 0 radical (unpaired) electrons. The summed E-state index contributed by atoms with van der Waals surface area (Å²) in [5.41, 5.74) is 1.16. The minimum Gasteiger partial charge on any atom is -0.491 e. The Labute approximate surface area is 137 Å². The summed E-state index contributed by atoms with van der Waals surface area (Å²) in [4.78, 5) is 13.2. The summed E-state index contributed by atoms with van der Waals surface area (Å²) in [6, 6.07) is 10.2. The molecule has 122 valence electrons. The Balaban J connectivity index is 1.56. The molecule has 0 bridgehead atoms. The fourth-order valence-electron chi connectivity index (χ4n) is 2.79. The molecule has 0 N–H and O–H groups in total. The van der Waals surface area contributed by atoms with Gasteiger partial charge in [-0.25, -0.2) is 9.97 Å². The van der Waals surface area contributed by atoms with Crippen molar-refractivity contribution in [2.24, 2.45) is 0 Å². The highest BCUT2D eigenvalue weighted by Gasteiger charge is 2.15. The van der Waals surface area contributed by atoms with E-state index in [0.29, 0.717) is 6.61 Å². The normalized spacial score (nSPS) is 14.1. The summed E-state index contributed by atoms with van der Waals surface area (Å²) in [7, 11) is 2.04. The topological polar surface area (TPSA) is 41.5 Å². The second-order valence-electron chi connectivity index (χ2n) is 5.96. The van der Waals surface area contributed by atoms with Crippen molar-refractivity contribution in [1.82, 2.24) is 9.97 Å². The highest BCUT2D eigenvalue weighted by Crippen LogP contribution is 2.21. The van der Waals surface area contributed by atoms with Gasteiger partial charge in [0.15, 0.2) is 0 Å². The molecule has 0 spiro atoms. The van der Waals surface area contributed by atoms with Crippen LogP contribution >= 0.6 is 0 Å². The van der Waals surface area contributed by atoms with Crippen LogP contribution in [0.1, 0.15) is 18.4 Å². The smallest absolute Gasteiger partial charge is 0.134 e. The van der Waals surface area contributed by atoms with Crippen LogP contribution in [0.3, 0.4) is 0 Å². The van der Waals surface area contributed by atoms with Crippen LogP contribution in [0.25, 0.3) is 0 Å². The third kappa shape index (κ3) is 3.92. The van der Waals surface area contributed by atoms with Gasteiger partial charge in [-0.2, -0.15) is 0 Å². The minimum absolute atomic E-state index is 0.629. The molecule has 0 atom stereocenters. The molecule has 0 amide bonds. The lowest BCUT2D eigenvalue weighted by Gasteiger charge is -2.21. The second-order valence-corrected chi connectivity index (χ2v) is 5.96. The van der Waals surface area contributed by atoms with Gasteiger partial charge in [0.05, 0.1) is 6.54 Å². The fourth-order valence-corrected chi connectivity index (χ4v) is 2.79. The molecule has 0 saturated carbocycles. The summed E-state index contributed by atoms with van der Waals surface area (Å²) in [6.45, 7) is 5.66. The first-order valence-corrected chi connectivity index (χ1v) is 8.20. The quantitative estimate of drug-likeness (QED) is 0.820. The maximum Gasteiger partial charge on any atom is 0.134 e. The zero-order chi connectivity index (χ0) is 16.1. The average Bonchev–Trinajstić information content (AvgIpc) is 3.11. The van der Waals surface area contributed by atoms with Gasteiger partial charge in [0.2, 0.25) is 0 Å². The number of benzene rings is 1. The molecule has 5 nitrogen and oxygen atoms in total. The van der Waals surface area contributed by atoms with Crippen molar-refractivity contribution in [3.05, 3.63) is 42.2 Å². The van der Waals surface area contributed by atoms with Crippen molar-refractivity contribution in [1.29, 1.82) is 0 Å². The first kappa shape index (κ1) is 15.6. The van der Waals surface area contributed by atoms with E-state index >= 15 is 0 Å². The molecule has 2 heterocycles. The standard InChI is InChI=1S/C18H24N4O/c1-15-7-3-4-8-16(15)23-12-11-21(2)17-13-18(20-14-19-17)22-9-5-6-10-22/h3-4,7-8,13-14H,5-6,9-12H2,1-2H3. The van der Waals surface area contributed by atoms with E-state index in [2.05, 4.69) is 38.8 Å². The highest BCUT2D eigenvalue weighted by molar-refractivity contribution is 5.50. The maximum atomic E-state index is 5.86. The van der Waals surface area contributed by atoms with Crippen LogP contribution < -0.4 is 14.5 Å². The van der Waals surface area contributed by atoms with Crippen LogP contribution in [0.2, 0.25) is 0 Å². The molecule has 1 aliphatic rings. The van der Waals surface area contributed by atoms with Gasteiger partial charge in [0.25, 0.3) is 0 Å². The van der Waals surface area contributed by atoms with Crippen molar-refractivity contribution >= 4 is 11.6 Å². The predicted molar refractivity (Wildman–Crippen MR) is 93.4 cm³/mol. The summed E-state index contributed by atoms with van der Waals surface area (Å²) < 4.78 is 5.86. The van der Waals surface area contributed by atoms with Crippen LogP contribution in [-0.4, -0.2) is 43.3 Å². The van der Waals surface area contributed by atoms with Crippen molar-refractivity contribution in [3.63, 3.8) is 0 Å². The molecule has 23 heavy (non-hydrogen) atoms. The van der Waals surface area contributed by atoms with Crippen LogP contribution in [0.5, 0.6) is 5.75 Å². The molecule has 1 aliphatic heterocycles. The van der Waals surface area contributed by atoms with E-state index in [4.69, 9.17) is 4.74 Å². The van der Waals surface area contributed by atoms with Crippen LogP contribution in [-0.2, 0) is 0 Å². The Hall–Kier alpha value is -2.30. The Morgan fingerprint density at radius 3 is 2.74 bits per heavy atom. The number of aromatic nitrogens is 2. The van der Waals surface area contributed by atoms with E-state index in [1.54, 1.807) is 6.33 Å². The van der Waals surface area contributed by atoms with Gasteiger partial charge < -0.3 is 14.5 Å². The Morgan fingerprint density at radius 1 is 1.17 bits per heavy atom. The maximum absolute atomic E-state index is 5.86. The Morgan fingerprint density at radius 2 is 1.96 bits per heavy atom. The second kappa shape index (κ2) is 7.31. The van der Waals surface area contributed by atoms with Crippen LogP contribution in [0, 0.1) is 6.92 Å². The SMILES string of the molecule is Cc1ccccc1OCCN(C)c1cc(N2CCCC2)ncn1. The monoisotopic (exact) mass is 312 g/mol. The van der Waals surface area contributed by atoms with Crippen molar-refractivity contribution in [3.8, 4) is 5.75 Å². The summed E-state index contributed by atoms with van der Waals surface area (Å²) >= 11 is 0. The molecule has 1 fully saturated rings. The molecule has 1 aromatic heterocycles. The van der Waals surface area contributed by atoms with E-state index in [9.17, 15) is 0 Å². The molecule has 5 heteroatoms. The molecule has 1 saturated heterocycles. The van der Waals surface area contributed by atoms with E-state index in [1.807, 2.05) is 25.2 Å². The fraction of sp³-hybridized carbons (Fsp3) is 0.444. The zero-order valence-corrected chi connectivity index (χ0v) is 13.9. The Kier molecular flexibility index (Phi) is 4.95. The van der Waals surface area contributed by atoms with Crippen molar-refractivity contribution < 1.29 is 4.74 Å². The lowest BCUT2D eigenvalue weighted by Crippen LogP contribution is -2.26. The number of anilines is 2.